The second kappa shape index (κ2) is 7.70. The Morgan fingerprint density at radius 2 is 1.76 bits per heavy atom. The Hall–Kier alpha value is -2.33. The highest BCUT2D eigenvalue weighted by Gasteiger charge is 2.12. The molecule has 0 fully saturated rings. The standard InChI is InChI=1S/C20H21ClN2O2/c1-13(24)22-19-9-8-17(12-18(19)21)23-20(25)11-14-6-7-15-4-2-3-5-16(15)10-14/h6-10,12H,2-5,11H2,1H3,(H,22,24)(H,23,25). The van der Waals surface area contributed by atoms with Crippen molar-refractivity contribution in [2.75, 3.05) is 10.6 Å². The van der Waals surface area contributed by atoms with Crippen LogP contribution in [0.2, 0.25) is 5.02 Å². The zero-order chi connectivity index (χ0) is 17.8. The molecule has 3 rings (SSSR count). The third-order valence-electron chi connectivity index (χ3n) is 4.34. The maximum Gasteiger partial charge on any atom is 0.228 e. The summed E-state index contributed by atoms with van der Waals surface area (Å²) in [7, 11) is 0. The van der Waals surface area contributed by atoms with Crippen molar-refractivity contribution in [2.45, 2.75) is 39.0 Å². The Bertz CT molecular complexity index is 817. The predicted molar refractivity (Wildman–Crippen MR) is 101 cm³/mol. The Balaban J connectivity index is 1.64. The van der Waals surface area contributed by atoms with Gasteiger partial charge in [-0.15, -0.1) is 0 Å². The van der Waals surface area contributed by atoms with Crippen LogP contribution >= 0.6 is 11.6 Å². The van der Waals surface area contributed by atoms with E-state index in [0.717, 1.165) is 18.4 Å². The monoisotopic (exact) mass is 356 g/mol. The van der Waals surface area contributed by atoms with Gasteiger partial charge in [0.05, 0.1) is 17.1 Å². The molecule has 0 saturated heterocycles. The first-order chi connectivity index (χ1) is 12.0. The number of carbonyl (C=O) groups is 2. The van der Waals surface area contributed by atoms with Crippen molar-refractivity contribution < 1.29 is 9.59 Å². The largest absolute Gasteiger partial charge is 0.326 e. The number of nitrogens with one attached hydrogen (secondary N) is 2. The molecule has 130 valence electrons. The highest BCUT2D eigenvalue weighted by Crippen LogP contribution is 2.26. The smallest absolute Gasteiger partial charge is 0.228 e. The van der Waals surface area contributed by atoms with E-state index in [0.29, 0.717) is 22.8 Å². The molecule has 4 nitrogen and oxygen atoms in total. The lowest BCUT2D eigenvalue weighted by Gasteiger charge is -2.16. The van der Waals surface area contributed by atoms with Gasteiger partial charge >= 0.3 is 0 Å². The van der Waals surface area contributed by atoms with E-state index in [4.69, 9.17) is 11.6 Å². The molecule has 5 heteroatoms. The lowest BCUT2D eigenvalue weighted by atomic mass is 9.90. The molecule has 0 unspecified atom stereocenters. The summed E-state index contributed by atoms with van der Waals surface area (Å²) in [5.74, 6) is -0.273. The molecule has 2 aromatic carbocycles. The first-order valence-corrected chi connectivity index (χ1v) is 8.87. The fourth-order valence-corrected chi connectivity index (χ4v) is 3.40. The van der Waals surface area contributed by atoms with Crippen molar-refractivity contribution in [3.05, 3.63) is 58.1 Å². The molecule has 2 N–H and O–H groups in total. The van der Waals surface area contributed by atoms with E-state index in [1.807, 2.05) is 6.07 Å². The summed E-state index contributed by atoms with van der Waals surface area (Å²) in [5.41, 5.74) is 4.96. The molecule has 0 aromatic heterocycles. The summed E-state index contributed by atoms with van der Waals surface area (Å²) in [4.78, 5) is 23.4. The molecule has 0 atom stereocenters. The van der Waals surface area contributed by atoms with Crippen molar-refractivity contribution in [3.63, 3.8) is 0 Å². The summed E-state index contributed by atoms with van der Waals surface area (Å²) in [5, 5.41) is 5.89. The normalized spacial score (nSPS) is 13.0. The van der Waals surface area contributed by atoms with Crippen LogP contribution in [0.25, 0.3) is 0 Å². The van der Waals surface area contributed by atoms with Crippen LogP contribution in [0.3, 0.4) is 0 Å². The van der Waals surface area contributed by atoms with Gasteiger partial charge in [-0.05, 0) is 60.6 Å². The zero-order valence-electron chi connectivity index (χ0n) is 14.2. The number of hydrogen-bond acceptors (Lipinski definition) is 2. The molecule has 1 aliphatic carbocycles. The molecule has 25 heavy (non-hydrogen) atoms. The van der Waals surface area contributed by atoms with E-state index in [1.54, 1.807) is 18.2 Å². The fraction of sp³-hybridized carbons (Fsp3) is 0.300. The van der Waals surface area contributed by atoms with Crippen molar-refractivity contribution in [1.82, 2.24) is 0 Å². The average Bonchev–Trinajstić information content (AvgIpc) is 2.57. The Morgan fingerprint density at radius 3 is 2.48 bits per heavy atom. The topological polar surface area (TPSA) is 58.2 Å². The molecule has 0 spiro atoms. The number of hydrogen-bond donors (Lipinski definition) is 2. The van der Waals surface area contributed by atoms with E-state index in [1.165, 1.54) is 30.9 Å². The summed E-state index contributed by atoms with van der Waals surface area (Å²) in [6, 6.07) is 11.4. The molecular formula is C20H21ClN2O2. The van der Waals surface area contributed by atoms with E-state index in [-0.39, 0.29) is 11.8 Å². The molecule has 1 aliphatic rings. The Morgan fingerprint density at radius 1 is 1.00 bits per heavy atom. The van der Waals surface area contributed by atoms with E-state index >= 15 is 0 Å². The van der Waals surface area contributed by atoms with Gasteiger partial charge in [0.2, 0.25) is 11.8 Å². The van der Waals surface area contributed by atoms with Crippen LogP contribution in [0.4, 0.5) is 11.4 Å². The van der Waals surface area contributed by atoms with Crippen molar-refractivity contribution in [2.24, 2.45) is 0 Å². The predicted octanol–water partition coefficient (Wildman–Crippen LogP) is 4.36. The van der Waals surface area contributed by atoms with Crippen molar-refractivity contribution in [1.29, 1.82) is 0 Å². The maximum atomic E-state index is 12.3. The molecule has 0 radical (unpaired) electrons. The molecule has 0 aliphatic heterocycles. The highest BCUT2D eigenvalue weighted by atomic mass is 35.5. The van der Waals surface area contributed by atoms with Gasteiger partial charge in [-0.2, -0.15) is 0 Å². The Kier molecular flexibility index (Phi) is 5.39. The van der Waals surface area contributed by atoms with Gasteiger partial charge in [0.25, 0.3) is 0 Å². The molecule has 2 amide bonds. The van der Waals surface area contributed by atoms with Crippen LogP contribution in [-0.4, -0.2) is 11.8 Å². The summed E-state index contributed by atoms with van der Waals surface area (Å²) >= 11 is 6.13. The minimum Gasteiger partial charge on any atom is -0.326 e. The number of aryl methyl sites for hydroxylation is 2. The SMILES string of the molecule is CC(=O)Nc1ccc(NC(=O)Cc2ccc3c(c2)CCCC3)cc1Cl. The lowest BCUT2D eigenvalue weighted by molar-refractivity contribution is -0.116. The fourth-order valence-electron chi connectivity index (χ4n) is 3.17. The van der Waals surface area contributed by atoms with Gasteiger partial charge in [0, 0.05) is 12.6 Å². The van der Waals surface area contributed by atoms with Gasteiger partial charge in [0.1, 0.15) is 0 Å². The summed E-state index contributed by atoms with van der Waals surface area (Å²) in [6.07, 6.45) is 5.05. The van der Waals surface area contributed by atoms with Crippen LogP contribution in [-0.2, 0) is 28.9 Å². The number of rotatable bonds is 4. The summed E-state index contributed by atoms with van der Waals surface area (Å²) in [6.45, 7) is 1.42. The highest BCUT2D eigenvalue weighted by molar-refractivity contribution is 6.34. The first kappa shape index (κ1) is 17.5. The Labute approximate surface area is 152 Å². The lowest BCUT2D eigenvalue weighted by Crippen LogP contribution is -2.15. The molecule has 0 bridgehead atoms. The third kappa shape index (κ3) is 4.60. The van der Waals surface area contributed by atoms with Gasteiger partial charge in [0.15, 0.2) is 0 Å². The number of amides is 2. The minimum atomic E-state index is -0.189. The second-order valence-corrected chi connectivity index (χ2v) is 6.82. The number of anilines is 2. The van der Waals surface area contributed by atoms with Crippen LogP contribution in [0.15, 0.2) is 36.4 Å². The quantitative estimate of drug-likeness (QED) is 0.855. The molecular weight excluding hydrogens is 336 g/mol. The summed E-state index contributed by atoms with van der Waals surface area (Å²) < 4.78 is 0. The minimum absolute atomic E-state index is 0.0842. The van der Waals surface area contributed by atoms with Crippen LogP contribution in [0.5, 0.6) is 0 Å². The van der Waals surface area contributed by atoms with Crippen molar-refractivity contribution >= 4 is 34.8 Å². The number of carbonyl (C=O) groups excluding carboxylic acids is 2. The van der Waals surface area contributed by atoms with E-state index < -0.39 is 0 Å². The van der Waals surface area contributed by atoms with Crippen molar-refractivity contribution in [3.8, 4) is 0 Å². The number of fused-ring (bicyclic) bond motifs is 1. The van der Waals surface area contributed by atoms with Crippen LogP contribution < -0.4 is 10.6 Å². The van der Waals surface area contributed by atoms with Crippen LogP contribution in [0.1, 0.15) is 36.5 Å². The average molecular weight is 357 g/mol. The van der Waals surface area contributed by atoms with Gasteiger partial charge in [-0.3, -0.25) is 9.59 Å². The molecule has 2 aromatic rings. The second-order valence-electron chi connectivity index (χ2n) is 6.41. The third-order valence-corrected chi connectivity index (χ3v) is 4.65. The maximum absolute atomic E-state index is 12.3. The molecule has 0 saturated carbocycles. The number of benzene rings is 2. The molecule has 0 heterocycles. The zero-order valence-corrected chi connectivity index (χ0v) is 15.0. The van der Waals surface area contributed by atoms with Gasteiger partial charge < -0.3 is 10.6 Å². The first-order valence-electron chi connectivity index (χ1n) is 8.49. The van der Waals surface area contributed by atoms with Gasteiger partial charge in [-0.25, -0.2) is 0 Å². The number of halogens is 1. The van der Waals surface area contributed by atoms with E-state index in [2.05, 4.69) is 22.8 Å². The van der Waals surface area contributed by atoms with Gasteiger partial charge in [-0.1, -0.05) is 29.8 Å². The van der Waals surface area contributed by atoms with Crippen LogP contribution in [0, 0.1) is 0 Å². The van der Waals surface area contributed by atoms with E-state index in [9.17, 15) is 9.59 Å².